The molecule has 112 valence electrons. The van der Waals surface area contributed by atoms with Crippen LogP contribution in [0.1, 0.15) is 15.9 Å². The first kappa shape index (κ1) is 16.7. The Kier molecular flexibility index (Phi) is 5.45. The van der Waals surface area contributed by atoms with Crippen LogP contribution in [0.5, 0.6) is 5.75 Å². The molecule has 0 fully saturated rings. The van der Waals surface area contributed by atoms with Crippen LogP contribution in [-0.4, -0.2) is 29.2 Å². The molecule has 0 saturated carbocycles. The van der Waals surface area contributed by atoms with E-state index in [9.17, 15) is 13.2 Å². The van der Waals surface area contributed by atoms with Crippen LogP contribution in [0.3, 0.4) is 0 Å². The second kappa shape index (κ2) is 6.87. The normalized spacial score (nSPS) is 10.4. The predicted molar refractivity (Wildman–Crippen MR) is 76.1 cm³/mol. The quantitative estimate of drug-likeness (QED) is 0.734. The van der Waals surface area contributed by atoms with E-state index < -0.39 is 16.1 Å². The molecule has 0 saturated heterocycles. The van der Waals surface area contributed by atoms with Crippen LogP contribution < -0.4 is 0 Å². The van der Waals surface area contributed by atoms with Gasteiger partial charge in [-0.05, 0) is 31.2 Å². The summed E-state index contributed by atoms with van der Waals surface area (Å²) in [6.45, 7) is 1.84. The highest BCUT2D eigenvalue weighted by Crippen LogP contribution is 2.14. The molecule has 0 atom stereocenters. The van der Waals surface area contributed by atoms with E-state index in [4.69, 9.17) is 14.8 Å². The first-order valence-electron chi connectivity index (χ1n) is 5.77. The molecule has 2 rings (SSSR count). The molecule has 0 aliphatic rings. The number of phenols is 1. The third kappa shape index (κ3) is 5.25. The molecule has 0 unspecified atom stereocenters. The Morgan fingerprint density at radius 2 is 1.52 bits per heavy atom. The van der Waals surface area contributed by atoms with Crippen molar-refractivity contribution in [1.82, 2.24) is 0 Å². The molecule has 0 radical (unpaired) electrons. The van der Waals surface area contributed by atoms with Gasteiger partial charge in [-0.1, -0.05) is 29.8 Å². The zero-order chi connectivity index (χ0) is 16.0. The highest BCUT2D eigenvalue weighted by atomic mass is 32.2. The average Bonchev–Trinajstić information content (AvgIpc) is 2.39. The average molecular weight is 310 g/mol. The van der Waals surface area contributed by atoms with Crippen LogP contribution in [0.25, 0.3) is 0 Å². The van der Waals surface area contributed by atoms with Crippen molar-refractivity contribution >= 4 is 16.1 Å². The van der Waals surface area contributed by atoms with Crippen LogP contribution in [0.2, 0.25) is 0 Å². The lowest BCUT2D eigenvalue weighted by Gasteiger charge is -1.95. The van der Waals surface area contributed by atoms with E-state index in [2.05, 4.69) is 0 Å². The summed E-state index contributed by atoms with van der Waals surface area (Å²) in [6, 6.07) is 11.8. The summed E-state index contributed by atoms with van der Waals surface area (Å²) in [4.78, 5) is 10.2. The number of rotatable bonds is 2. The molecule has 0 spiro atoms. The first-order valence-corrected chi connectivity index (χ1v) is 7.21. The fourth-order valence-corrected chi connectivity index (χ4v) is 1.84. The van der Waals surface area contributed by atoms with Crippen molar-refractivity contribution < 1.29 is 28.0 Å². The fourth-order valence-electron chi connectivity index (χ4n) is 1.36. The van der Waals surface area contributed by atoms with Gasteiger partial charge in [0.05, 0.1) is 4.90 Å². The molecule has 0 aromatic heterocycles. The van der Waals surface area contributed by atoms with E-state index in [1.54, 1.807) is 24.3 Å². The predicted octanol–water partition coefficient (Wildman–Crippen LogP) is 2.33. The van der Waals surface area contributed by atoms with E-state index in [0.29, 0.717) is 0 Å². The highest BCUT2D eigenvalue weighted by Gasteiger charge is 2.07. The minimum atomic E-state index is -4.02. The van der Waals surface area contributed by atoms with E-state index in [1.807, 2.05) is 6.92 Å². The zero-order valence-electron chi connectivity index (χ0n) is 11.1. The molecule has 7 heteroatoms. The summed E-state index contributed by atoms with van der Waals surface area (Å²) in [5.41, 5.74) is 0.889. The number of carbonyl (C=O) groups is 1. The van der Waals surface area contributed by atoms with E-state index in [1.165, 1.54) is 24.3 Å². The summed E-state index contributed by atoms with van der Waals surface area (Å²) < 4.78 is 29.6. The van der Waals surface area contributed by atoms with Crippen molar-refractivity contribution in [3.05, 3.63) is 59.7 Å². The van der Waals surface area contributed by atoms with Gasteiger partial charge < -0.3 is 10.2 Å². The number of hydrogen-bond donors (Lipinski definition) is 3. The topological polar surface area (TPSA) is 112 Å². The third-order valence-corrected chi connectivity index (χ3v) is 3.32. The summed E-state index contributed by atoms with van der Waals surface area (Å²) in [7, 11) is -4.02. The number of aromatic hydroxyl groups is 1. The minimum Gasteiger partial charge on any atom is -0.507 e. The smallest absolute Gasteiger partial charge is 0.339 e. The first-order chi connectivity index (χ1) is 9.71. The van der Waals surface area contributed by atoms with Crippen molar-refractivity contribution in [2.24, 2.45) is 0 Å². The van der Waals surface area contributed by atoms with Crippen LogP contribution in [0.15, 0.2) is 53.4 Å². The molecule has 0 bridgehead atoms. The number of benzene rings is 2. The molecule has 0 heterocycles. The summed E-state index contributed by atoms with van der Waals surface area (Å²) >= 11 is 0. The molecule has 21 heavy (non-hydrogen) atoms. The lowest BCUT2D eigenvalue weighted by molar-refractivity contribution is 0.0693. The number of aromatic carboxylic acids is 1. The summed E-state index contributed by atoms with van der Waals surface area (Å²) in [6.07, 6.45) is 0. The maximum atomic E-state index is 10.5. The molecular weight excluding hydrogens is 296 g/mol. The lowest BCUT2D eigenvalue weighted by atomic mass is 10.2. The number of aryl methyl sites for hydroxylation is 1. The van der Waals surface area contributed by atoms with Gasteiger partial charge in [0.1, 0.15) is 11.3 Å². The Morgan fingerprint density at radius 3 is 1.90 bits per heavy atom. The molecule has 6 nitrogen and oxygen atoms in total. The van der Waals surface area contributed by atoms with Gasteiger partial charge in [0, 0.05) is 0 Å². The molecule has 0 aliphatic heterocycles. The number of hydrogen-bond acceptors (Lipinski definition) is 4. The van der Waals surface area contributed by atoms with Gasteiger partial charge in [-0.3, -0.25) is 4.55 Å². The van der Waals surface area contributed by atoms with Gasteiger partial charge in [-0.15, -0.1) is 0 Å². The van der Waals surface area contributed by atoms with Crippen molar-refractivity contribution in [2.75, 3.05) is 0 Å². The monoisotopic (exact) mass is 310 g/mol. The second-order valence-corrected chi connectivity index (χ2v) is 5.53. The summed E-state index contributed by atoms with van der Waals surface area (Å²) in [5.74, 6) is -1.31. The SMILES string of the molecule is Cc1ccc(S(=O)(=O)O)cc1.O=C(O)c1ccccc1O. The van der Waals surface area contributed by atoms with Crippen LogP contribution in [0, 0.1) is 6.92 Å². The summed E-state index contributed by atoms with van der Waals surface area (Å²) in [5, 5.41) is 17.3. The van der Waals surface area contributed by atoms with E-state index in [-0.39, 0.29) is 16.2 Å². The Balaban J connectivity index is 0.000000211. The molecule has 2 aromatic rings. The Bertz CT molecular complexity index is 719. The van der Waals surface area contributed by atoms with Crippen LogP contribution >= 0.6 is 0 Å². The van der Waals surface area contributed by atoms with Crippen LogP contribution in [0.4, 0.5) is 0 Å². The van der Waals surface area contributed by atoms with E-state index in [0.717, 1.165) is 5.56 Å². The van der Waals surface area contributed by atoms with Gasteiger partial charge in [-0.2, -0.15) is 8.42 Å². The maximum Gasteiger partial charge on any atom is 0.339 e. The van der Waals surface area contributed by atoms with Gasteiger partial charge in [0.25, 0.3) is 10.1 Å². The van der Waals surface area contributed by atoms with Crippen molar-refractivity contribution in [2.45, 2.75) is 11.8 Å². The fraction of sp³-hybridized carbons (Fsp3) is 0.0714. The Hall–Kier alpha value is -2.38. The second-order valence-electron chi connectivity index (χ2n) is 4.11. The van der Waals surface area contributed by atoms with Gasteiger partial charge >= 0.3 is 5.97 Å². The minimum absolute atomic E-state index is 0.0666. The number of carboxylic acid groups (broad SMARTS) is 1. The lowest BCUT2D eigenvalue weighted by Crippen LogP contribution is -1.96. The molecule has 0 aliphatic carbocycles. The van der Waals surface area contributed by atoms with Gasteiger partial charge in [0.2, 0.25) is 0 Å². The van der Waals surface area contributed by atoms with Crippen molar-refractivity contribution in [3.8, 4) is 5.75 Å². The van der Waals surface area contributed by atoms with Gasteiger partial charge in [0.15, 0.2) is 0 Å². The number of para-hydroxylation sites is 1. The molecule has 3 N–H and O–H groups in total. The van der Waals surface area contributed by atoms with Crippen molar-refractivity contribution in [1.29, 1.82) is 0 Å². The Morgan fingerprint density at radius 1 is 1.00 bits per heavy atom. The third-order valence-electron chi connectivity index (χ3n) is 2.45. The Labute approximate surface area is 122 Å². The largest absolute Gasteiger partial charge is 0.507 e. The zero-order valence-corrected chi connectivity index (χ0v) is 11.9. The molecular formula is C14H14O6S. The van der Waals surface area contributed by atoms with Crippen molar-refractivity contribution in [3.63, 3.8) is 0 Å². The molecule has 0 amide bonds. The number of carboxylic acids is 1. The molecule has 2 aromatic carbocycles. The van der Waals surface area contributed by atoms with Gasteiger partial charge in [-0.25, -0.2) is 4.79 Å². The van der Waals surface area contributed by atoms with E-state index >= 15 is 0 Å². The van der Waals surface area contributed by atoms with Crippen LogP contribution in [-0.2, 0) is 10.1 Å². The highest BCUT2D eigenvalue weighted by molar-refractivity contribution is 7.85. The standard InChI is InChI=1S/C7H8O3S.C7H6O3/c1-6-2-4-7(5-3-6)11(8,9)10;8-6-4-2-1-3-5(6)7(9)10/h2-5H,1H3,(H,8,9,10);1-4,8H,(H,9,10). The maximum absolute atomic E-state index is 10.5.